The van der Waals surface area contributed by atoms with E-state index in [0.29, 0.717) is 22.1 Å². The van der Waals surface area contributed by atoms with Gasteiger partial charge in [0.15, 0.2) is 11.5 Å². The smallest absolute Gasteiger partial charge is 0.259 e. The fourth-order valence-electron chi connectivity index (χ4n) is 2.91. The SMILES string of the molecule is C#CCOc1c(Cl)cc(/C=N\NC(=O)CNc2c(C)cc(C)cc2C)cc1OC. The number of terminal acetylenes is 1. The minimum Gasteiger partial charge on any atom is -0.493 e. The molecule has 0 unspecified atom stereocenters. The summed E-state index contributed by atoms with van der Waals surface area (Å²) in [6, 6.07) is 7.46. The number of hydrogen-bond donors (Lipinski definition) is 2. The van der Waals surface area contributed by atoms with Crippen LogP contribution in [-0.4, -0.2) is 32.4 Å². The van der Waals surface area contributed by atoms with Crippen molar-refractivity contribution in [2.24, 2.45) is 5.10 Å². The van der Waals surface area contributed by atoms with Crippen LogP contribution in [0, 0.1) is 33.1 Å². The van der Waals surface area contributed by atoms with Crippen LogP contribution in [0.3, 0.4) is 0 Å². The lowest BCUT2D eigenvalue weighted by Crippen LogP contribution is -2.26. The fourth-order valence-corrected chi connectivity index (χ4v) is 3.19. The van der Waals surface area contributed by atoms with Gasteiger partial charge in [0, 0.05) is 5.69 Å². The Bertz CT molecular complexity index is 942. The predicted octanol–water partition coefficient (Wildman–Crippen LogP) is 3.85. The van der Waals surface area contributed by atoms with Crippen molar-refractivity contribution in [3.63, 3.8) is 0 Å². The number of anilines is 1. The molecule has 2 aromatic carbocycles. The standard InChI is InChI=1S/C22H24ClN3O3/c1-6-7-29-22-18(23)10-17(11-19(22)28-5)12-25-26-20(27)13-24-21-15(3)8-14(2)9-16(21)4/h1,8-12,24H,7,13H2,2-5H3,(H,26,27)/b25-12-. The van der Waals surface area contributed by atoms with Crippen molar-refractivity contribution >= 4 is 29.4 Å². The monoisotopic (exact) mass is 413 g/mol. The molecule has 152 valence electrons. The van der Waals surface area contributed by atoms with E-state index >= 15 is 0 Å². The van der Waals surface area contributed by atoms with Crippen molar-refractivity contribution < 1.29 is 14.3 Å². The first-order chi connectivity index (χ1) is 13.8. The number of rotatable bonds is 8. The third-order valence-electron chi connectivity index (χ3n) is 4.06. The molecule has 7 heteroatoms. The molecule has 0 saturated carbocycles. The van der Waals surface area contributed by atoms with E-state index in [9.17, 15) is 4.79 Å². The molecule has 2 N–H and O–H groups in total. The number of aryl methyl sites for hydroxylation is 3. The number of ether oxygens (including phenoxy) is 2. The number of amides is 1. The molecule has 0 bridgehead atoms. The quantitative estimate of drug-likeness (QED) is 0.391. The van der Waals surface area contributed by atoms with E-state index in [-0.39, 0.29) is 19.1 Å². The Hall–Kier alpha value is -3.17. The Morgan fingerprint density at radius 1 is 1.24 bits per heavy atom. The van der Waals surface area contributed by atoms with E-state index in [4.69, 9.17) is 27.5 Å². The third kappa shape index (κ3) is 6.16. The molecule has 0 spiro atoms. The van der Waals surface area contributed by atoms with Gasteiger partial charge in [0.05, 0.1) is 24.9 Å². The first kappa shape index (κ1) is 22.1. The Morgan fingerprint density at radius 3 is 2.55 bits per heavy atom. The van der Waals surface area contributed by atoms with Crippen LogP contribution in [0.15, 0.2) is 29.4 Å². The summed E-state index contributed by atoms with van der Waals surface area (Å²) >= 11 is 6.22. The maximum Gasteiger partial charge on any atom is 0.259 e. The van der Waals surface area contributed by atoms with Crippen molar-refractivity contribution in [3.8, 4) is 23.8 Å². The predicted molar refractivity (Wildman–Crippen MR) is 117 cm³/mol. The summed E-state index contributed by atoms with van der Waals surface area (Å²) in [7, 11) is 1.50. The summed E-state index contributed by atoms with van der Waals surface area (Å²) in [4.78, 5) is 12.1. The van der Waals surface area contributed by atoms with Gasteiger partial charge in [0.25, 0.3) is 5.91 Å². The lowest BCUT2D eigenvalue weighted by atomic mass is 10.1. The van der Waals surface area contributed by atoms with Gasteiger partial charge in [0.2, 0.25) is 0 Å². The second kappa shape index (κ2) is 10.4. The van der Waals surface area contributed by atoms with Crippen LogP contribution in [0.5, 0.6) is 11.5 Å². The molecule has 6 nitrogen and oxygen atoms in total. The topological polar surface area (TPSA) is 72.0 Å². The Balaban J connectivity index is 1.98. The number of benzene rings is 2. The van der Waals surface area contributed by atoms with Gasteiger partial charge in [-0.25, -0.2) is 5.43 Å². The zero-order valence-electron chi connectivity index (χ0n) is 16.9. The van der Waals surface area contributed by atoms with E-state index in [1.165, 1.54) is 18.9 Å². The maximum absolute atomic E-state index is 12.1. The van der Waals surface area contributed by atoms with Crippen LogP contribution in [-0.2, 0) is 4.79 Å². The Morgan fingerprint density at radius 2 is 1.93 bits per heavy atom. The molecule has 0 heterocycles. The number of halogens is 1. The minimum atomic E-state index is -0.271. The zero-order valence-corrected chi connectivity index (χ0v) is 17.7. The Labute approximate surface area is 176 Å². The molecule has 0 aliphatic heterocycles. The summed E-state index contributed by atoms with van der Waals surface area (Å²) in [6.07, 6.45) is 6.67. The highest BCUT2D eigenvalue weighted by Crippen LogP contribution is 2.35. The van der Waals surface area contributed by atoms with Crippen molar-refractivity contribution in [2.75, 3.05) is 25.6 Å². The molecule has 0 aliphatic rings. The van der Waals surface area contributed by atoms with Crippen molar-refractivity contribution in [2.45, 2.75) is 20.8 Å². The van der Waals surface area contributed by atoms with Crippen LogP contribution >= 0.6 is 11.6 Å². The van der Waals surface area contributed by atoms with Crippen molar-refractivity contribution in [1.82, 2.24) is 5.43 Å². The van der Waals surface area contributed by atoms with Gasteiger partial charge in [-0.2, -0.15) is 5.10 Å². The van der Waals surface area contributed by atoms with Gasteiger partial charge in [-0.05, 0) is 49.6 Å². The Kier molecular flexibility index (Phi) is 7.93. The largest absolute Gasteiger partial charge is 0.493 e. The van der Waals surface area contributed by atoms with Crippen LogP contribution in [0.1, 0.15) is 22.3 Å². The van der Waals surface area contributed by atoms with E-state index in [2.05, 4.69) is 33.9 Å². The first-order valence-corrected chi connectivity index (χ1v) is 9.31. The molecule has 0 atom stereocenters. The highest BCUT2D eigenvalue weighted by atomic mass is 35.5. The van der Waals surface area contributed by atoms with Gasteiger partial charge < -0.3 is 14.8 Å². The van der Waals surface area contributed by atoms with Crippen LogP contribution < -0.4 is 20.2 Å². The molecule has 0 aliphatic carbocycles. The van der Waals surface area contributed by atoms with E-state index in [1.807, 2.05) is 20.8 Å². The highest BCUT2D eigenvalue weighted by Gasteiger charge is 2.11. The summed E-state index contributed by atoms with van der Waals surface area (Å²) in [5.41, 5.74) is 7.44. The summed E-state index contributed by atoms with van der Waals surface area (Å²) in [5, 5.41) is 7.45. The van der Waals surface area contributed by atoms with Gasteiger partial charge in [-0.15, -0.1) is 6.42 Å². The number of nitrogens with zero attached hydrogens (tertiary/aromatic N) is 1. The van der Waals surface area contributed by atoms with Crippen LogP contribution in [0.25, 0.3) is 0 Å². The molecular formula is C22H24ClN3O3. The molecule has 0 aromatic heterocycles. The summed E-state index contributed by atoms with van der Waals surface area (Å²) < 4.78 is 10.7. The van der Waals surface area contributed by atoms with E-state index in [0.717, 1.165) is 16.8 Å². The molecule has 1 amide bonds. The number of carbonyl (C=O) groups is 1. The number of methoxy groups -OCH3 is 1. The van der Waals surface area contributed by atoms with E-state index in [1.54, 1.807) is 12.1 Å². The average molecular weight is 414 g/mol. The molecule has 29 heavy (non-hydrogen) atoms. The summed E-state index contributed by atoms with van der Waals surface area (Å²) in [5.74, 6) is 2.89. The number of nitrogens with one attached hydrogen (secondary N) is 2. The lowest BCUT2D eigenvalue weighted by molar-refractivity contribution is -0.119. The molecule has 0 fully saturated rings. The third-order valence-corrected chi connectivity index (χ3v) is 4.34. The van der Waals surface area contributed by atoms with Crippen LogP contribution in [0.2, 0.25) is 5.02 Å². The van der Waals surface area contributed by atoms with Crippen molar-refractivity contribution in [1.29, 1.82) is 0 Å². The van der Waals surface area contributed by atoms with Gasteiger partial charge in [-0.1, -0.05) is 35.2 Å². The highest BCUT2D eigenvalue weighted by molar-refractivity contribution is 6.32. The lowest BCUT2D eigenvalue weighted by Gasteiger charge is -2.13. The maximum atomic E-state index is 12.1. The number of hydrogen-bond acceptors (Lipinski definition) is 5. The first-order valence-electron chi connectivity index (χ1n) is 8.93. The average Bonchev–Trinajstić information content (AvgIpc) is 2.66. The fraction of sp³-hybridized carbons (Fsp3) is 0.273. The molecule has 0 radical (unpaired) electrons. The normalized spacial score (nSPS) is 10.5. The van der Waals surface area contributed by atoms with E-state index < -0.39 is 0 Å². The van der Waals surface area contributed by atoms with Crippen molar-refractivity contribution in [3.05, 3.63) is 51.5 Å². The molecule has 2 aromatic rings. The molecular weight excluding hydrogens is 390 g/mol. The zero-order chi connectivity index (χ0) is 21.4. The second-order valence-electron chi connectivity index (χ2n) is 6.45. The summed E-state index contributed by atoms with van der Waals surface area (Å²) in [6.45, 7) is 6.23. The molecule has 0 saturated heterocycles. The second-order valence-corrected chi connectivity index (χ2v) is 6.85. The van der Waals surface area contributed by atoms with Crippen LogP contribution in [0.4, 0.5) is 5.69 Å². The minimum absolute atomic E-state index is 0.0759. The van der Waals surface area contributed by atoms with Gasteiger partial charge in [0.1, 0.15) is 6.61 Å². The van der Waals surface area contributed by atoms with Gasteiger partial charge >= 0.3 is 0 Å². The van der Waals surface area contributed by atoms with Gasteiger partial charge in [-0.3, -0.25) is 4.79 Å². The number of carbonyl (C=O) groups excluding carboxylic acids is 1. The number of hydrazone groups is 1. The molecule has 2 rings (SSSR count).